The number of carbonyl (C=O) groups excluding carboxylic acids is 1. The van der Waals surface area contributed by atoms with Crippen LogP contribution in [0.15, 0.2) is 42.5 Å². The maximum Gasteiger partial charge on any atom is 0.322 e. The zero-order chi connectivity index (χ0) is 19.4. The van der Waals surface area contributed by atoms with Gasteiger partial charge in [-0.05, 0) is 50.6 Å². The highest BCUT2D eigenvalue weighted by Gasteiger charge is 2.23. The number of nitrogens with one attached hydrogen (secondary N) is 1. The zero-order valence-electron chi connectivity index (χ0n) is 16.0. The molecule has 0 spiro atoms. The summed E-state index contributed by atoms with van der Waals surface area (Å²) in [5.41, 5.74) is 3.03. The zero-order valence-corrected chi connectivity index (χ0v) is 16.8. The summed E-state index contributed by atoms with van der Waals surface area (Å²) in [6, 6.07) is 13.4. The Kier molecular flexibility index (Phi) is 6.11. The van der Waals surface area contributed by atoms with E-state index in [1.807, 2.05) is 61.2 Å². The van der Waals surface area contributed by atoms with Gasteiger partial charge in [0.25, 0.3) is 0 Å². The van der Waals surface area contributed by atoms with E-state index in [0.29, 0.717) is 24.5 Å². The van der Waals surface area contributed by atoms with Crippen molar-refractivity contribution in [3.8, 4) is 5.75 Å². The predicted molar refractivity (Wildman–Crippen MR) is 111 cm³/mol. The van der Waals surface area contributed by atoms with Crippen LogP contribution < -0.4 is 15.0 Å². The van der Waals surface area contributed by atoms with Gasteiger partial charge in [0.15, 0.2) is 0 Å². The third-order valence-corrected chi connectivity index (χ3v) is 4.81. The van der Waals surface area contributed by atoms with Crippen LogP contribution in [0.4, 0.5) is 16.2 Å². The Hall–Kier alpha value is -2.40. The van der Waals surface area contributed by atoms with Crippen molar-refractivity contribution in [2.24, 2.45) is 0 Å². The normalized spacial score (nSPS) is 14.4. The smallest absolute Gasteiger partial charge is 0.322 e. The minimum absolute atomic E-state index is 0.0486. The van der Waals surface area contributed by atoms with E-state index in [0.717, 1.165) is 23.8 Å². The van der Waals surface area contributed by atoms with E-state index in [2.05, 4.69) is 17.1 Å². The van der Waals surface area contributed by atoms with Gasteiger partial charge in [0.1, 0.15) is 5.75 Å². The molecule has 1 aliphatic rings. The third-order valence-electron chi connectivity index (χ3n) is 4.57. The number of hydrogen-bond acceptors (Lipinski definition) is 3. The van der Waals surface area contributed by atoms with Gasteiger partial charge < -0.3 is 19.9 Å². The molecule has 1 fully saturated rings. The first-order valence-electron chi connectivity index (χ1n) is 9.27. The Bertz CT molecular complexity index is 802. The number of para-hydroxylation sites is 2. The second-order valence-electron chi connectivity index (χ2n) is 7.00. The molecule has 27 heavy (non-hydrogen) atoms. The lowest BCUT2D eigenvalue weighted by atomic mass is 10.1. The fourth-order valence-electron chi connectivity index (χ4n) is 3.19. The molecule has 2 amide bonds. The molecule has 0 aliphatic carbocycles. The third kappa shape index (κ3) is 4.86. The van der Waals surface area contributed by atoms with E-state index < -0.39 is 0 Å². The SMILES string of the molecule is Cc1ccc(Cl)cc1N1CCN(C(=O)Nc2ccccc2OC(C)C)CC1. The van der Waals surface area contributed by atoms with Gasteiger partial charge in [0, 0.05) is 36.9 Å². The van der Waals surface area contributed by atoms with Crippen molar-refractivity contribution in [2.45, 2.75) is 26.9 Å². The van der Waals surface area contributed by atoms with E-state index in [1.165, 1.54) is 5.56 Å². The number of ether oxygens (including phenoxy) is 1. The van der Waals surface area contributed by atoms with Crippen LogP contribution in [0.5, 0.6) is 5.75 Å². The van der Waals surface area contributed by atoms with Crippen LogP contribution in [0, 0.1) is 6.92 Å². The monoisotopic (exact) mass is 387 g/mol. The second-order valence-corrected chi connectivity index (χ2v) is 7.43. The summed E-state index contributed by atoms with van der Waals surface area (Å²) in [7, 11) is 0. The van der Waals surface area contributed by atoms with Crippen LogP contribution in [0.3, 0.4) is 0 Å². The van der Waals surface area contributed by atoms with Crippen LogP contribution >= 0.6 is 11.6 Å². The molecule has 3 rings (SSSR count). The number of hydrogen-bond donors (Lipinski definition) is 1. The molecular formula is C21H26ClN3O2. The summed E-state index contributed by atoms with van der Waals surface area (Å²) in [6.07, 6.45) is 0.0486. The molecule has 1 aliphatic heterocycles. The summed E-state index contributed by atoms with van der Waals surface area (Å²) in [4.78, 5) is 16.8. The van der Waals surface area contributed by atoms with Gasteiger partial charge in [-0.25, -0.2) is 4.79 Å². The van der Waals surface area contributed by atoms with E-state index in [-0.39, 0.29) is 12.1 Å². The topological polar surface area (TPSA) is 44.8 Å². The number of carbonyl (C=O) groups is 1. The first kappa shape index (κ1) is 19.4. The molecule has 6 heteroatoms. The van der Waals surface area contributed by atoms with Gasteiger partial charge in [0.2, 0.25) is 0 Å². The number of benzene rings is 2. The molecule has 0 saturated carbocycles. The number of urea groups is 1. The summed E-state index contributed by atoms with van der Waals surface area (Å²) in [6.45, 7) is 8.88. The molecule has 5 nitrogen and oxygen atoms in total. The van der Waals surface area contributed by atoms with Crippen molar-refractivity contribution in [2.75, 3.05) is 36.4 Å². The number of rotatable bonds is 4. The standard InChI is InChI=1S/C21H26ClN3O2/c1-15(2)27-20-7-5-4-6-18(20)23-21(26)25-12-10-24(11-13-25)19-14-17(22)9-8-16(19)3/h4-9,14-15H,10-13H2,1-3H3,(H,23,26). The molecule has 0 unspecified atom stereocenters. The Labute approximate surface area is 165 Å². The molecule has 0 aromatic heterocycles. The Balaban J connectivity index is 1.62. The van der Waals surface area contributed by atoms with Gasteiger partial charge in [-0.3, -0.25) is 0 Å². The van der Waals surface area contributed by atoms with Crippen LogP contribution in [-0.4, -0.2) is 43.2 Å². The summed E-state index contributed by atoms with van der Waals surface area (Å²) < 4.78 is 5.78. The number of amides is 2. The molecular weight excluding hydrogens is 362 g/mol. The lowest BCUT2D eigenvalue weighted by molar-refractivity contribution is 0.207. The molecule has 0 bridgehead atoms. The minimum atomic E-state index is -0.0997. The average molecular weight is 388 g/mol. The van der Waals surface area contributed by atoms with Gasteiger partial charge in [-0.2, -0.15) is 0 Å². The fourth-order valence-corrected chi connectivity index (χ4v) is 3.36. The quantitative estimate of drug-likeness (QED) is 0.820. The minimum Gasteiger partial charge on any atom is -0.489 e. The largest absolute Gasteiger partial charge is 0.489 e. The number of aryl methyl sites for hydroxylation is 1. The fraction of sp³-hybridized carbons (Fsp3) is 0.381. The Morgan fingerprint density at radius 3 is 2.52 bits per heavy atom. The van der Waals surface area contributed by atoms with Crippen molar-refractivity contribution < 1.29 is 9.53 Å². The number of anilines is 2. The van der Waals surface area contributed by atoms with Crippen molar-refractivity contribution in [1.82, 2.24) is 4.90 Å². The number of piperazine rings is 1. The highest BCUT2D eigenvalue weighted by atomic mass is 35.5. The number of nitrogens with zero attached hydrogens (tertiary/aromatic N) is 2. The second kappa shape index (κ2) is 8.53. The molecule has 1 heterocycles. The van der Waals surface area contributed by atoms with Crippen LogP contribution in [0.25, 0.3) is 0 Å². The van der Waals surface area contributed by atoms with Crippen LogP contribution in [-0.2, 0) is 0 Å². The predicted octanol–water partition coefficient (Wildman–Crippen LogP) is 4.79. The van der Waals surface area contributed by atoms with E-state index in [9.17, 15) is 4.79 Å². The van der Waals surface area contributed by atoms with E-state index >= 15 is 0 Å². The maximum absolute atomic E-state index is 12.7. The van der Waals surface area contributed by atoms with Gasteiger partial charge in [-0.1, -0.05) is 29.8 Å². The molecule has 0 radical (unpaired) electrons. The van der Waals surface area contributed by atoms with E-state index in [1.54, 1.807) is 0 Å². The number of halogens is 1. The highest BCUT2D eigenvalue weighted by molar-refractivity contribution is 6.30. The maximum atomic E-state index is 12.7. The van der Waals surface area contributed by atoms with Crippen molar-refractivity contribution in [3.63, 3.8) is 0 Å². The Morgan fingerprint density at radius 2 is 1.81 bits per heavy atom. The summed E-state index contributed by atoms with van der Waals surface area (Å²) >= 11 is 6.14. The molecule has 2 aromatic carbocycles. The van der Waals surface area contributed by atoms with Gasteiger partial charge in [-0.15, -0.1) is 0 Å². The lowest BCUT2D eigenvalue weighted by Gasteiger charge is -2.36. The van der Waals surface area contributed by atoms with Crippen molar-refractivity contribution >= 4 is 29.0 Å². The van der Waals surface area contributed by atoms with Crippen molar-refractivity contribution in [3.05, 3.63) is 53.1 Å². The average Bonchev–Trinajstić information content (AvgIpc) is 2.65. The summed E-state index contributed by atoms with van der Waals surface area (Å²) in [5, 5.41) is 3.72. The molecule has 0 atom stereocenters. The van der Waals surface area contributed by atoms with Crippen molar-refractivity contribution in [1.29, 1.82) is 0 Å². The van der Waals surface area contributed by atoms with Gasteiger partial charge in [0.05, 0.1) is 11.8 Å². The summed E-state index contributed by atoms with van der Waals surface area (Å²) in [5.74, 6) is 0.689. The lowest BCUT2D eigenvalue weighted by Crippen LogP contribution is -2.50. The van der Waals surface area contributed by atoms with Crippen LogP contribution in [0.1, 0.15) is 19.4 Å². The molecule has 2 aromatic rings. The van der Waals surface area contributed by atoms with Gasteiger partial charge >= 0.3 is 6.03 Å². The first-order chi connectivity index (χ1) is 12.9. The molecule has 1 N–H and O–H groups in total. The first-order valence-corrected chi connectivity index (χ1v) is 9.64. The van der Waals surface area contributed by atoms with E-state index in [4.69, 9.17) is 16.3 Å². The molecule has 1 saturated heterocycles. The Morgan fingerprint density at radius 1 is 1.11 bits per heavy atom. The van der Waals surface area contributed by atoms with Crippen LogP contribution in [0.2, 0.25) is 5.02 Å². The molecule has 144 valence electrons. The highest BCUT2D eigenvalue weighted by Crippen LogP contribution is 2.27.